The van der Waals surface area contributed by atoms with Crippen LogP contribution in [-0.2, 0) is 4.79 Å². The molecule has 102 valence electrons. The largest absolute Gasteiger partial charge is 0.394 e. The lowest BCUT2D eigenvalue weighted by molar-refractivity contribution is -0.120. The van der Waals surface area contributed by atoms with Crippen LogP contribution in [0.4, 0.5) is 0 Å². The molecule has 0 fully saturated rings. The van der Waals surface area contributed by atoms with Gasteiger partial charge in [0.05, 0.1) is 12.7 Å². The van der Waals surface area contributed by atoms with Crippen molar-refractivity contribution in [3.05, 3.63) is 0 Å². The van der Waals surface area contributed by atoms with Crippen molar-refractivity contribution in [1.82, 2.24) is 10.2 Å². The molecule has 0 saturated heterocycles. The minimum atomic E-state index is -0.678. The van der Waals surface area contributed by atoms with Crippen molar-refractivity contribution in [3.63, 3.8) is 0 Å². The summed E-state index contributed by atoms with van der Waals surface area (Å²) in [5, 5.41) is 20.5. The molecule has 0 rings (SSSR count). The van der Waals surface area contributed by atoms with E-state index in [-0.39, 0.29) is 12.5 Å². The maximum absolute atomic E-state index is 11.4. The van der Waals surface area contributed by atoms with Crippen LogP contribution in [-0.4, -0.2) is 72.4 Å². The van der Waals surface area contributed by atoms with E-state index in [1.165, 1.54) is 11.8 Å². The van der Waals surface area contributed by atoms with Gasteiger partial charge in [-0.25, -0.2) is 0 Å². The van der Waals surface area contributed by atoms with Gasteiger partial charge in [0.15, 0.2) is 0 Å². The highest BCUT2D eigenvalue weighted by molar-refractivity contribution is 7.99. The number of thioether (sulfide) groups is 1. The van der Waals surface area contributed by atoms with Gasteiger partial charge in [0, 0.05) is 24.5 Å². The SMILES string of the molecule is CN(C)CCCNC(=O)CCSCC(O)CO. The highest BCUT2D eigenvalue weighted by atomic mass is 32.2. The van der Waals surface area contributed by atoms with Crippen LogP contribution in [0, 0.1) is 0 Å². The van der Waals surface area contributed by atoms with Crippen LogP contribution in [0.15, 0.2) is 0 Å². The van der Waals surface area contributed by atoms with Gasteiger partial charge in [-0.2, -0.15) is 11.8 Å². The van der Waals surface area contributed by atoms with Gasteiger partial charge < -0.3 is 20.4 Å². The van der Waals surface area contributed by atoms with Crippen LogP contribution in [0.1, 0.15) is 12.8 Å². The Kier molecular flexibility index (Phi) is 10.6. The topological polar surface area (TPSA) is 72.8 Å². The average molecular weight is 264 g/mol. The molecule has 6 heteroatoms. The van der Waals surface area contributed by atoms with E-state index in [1.807, 2.05) is 14.1 Å². The van der Waals surface area contributed by atoms with Crippen molar-refractivity contribution >= 4 is 17.7 Å². The van der Waals surface area contributed by atoms with Crippen LogP contribution in [0.25, 0.3) is 0 Å². The number of aliphatic hydroxyl groups is 2. The first-order valence-corrected chi connectivity index (χ1v) is 6.99. The maximum Gasteiger partial charge on any atom is 0.220 e. The summed E-state index contributed by atoms with van der Waals surface area (Å²) in [6, 6.07) is 0. The Balaban J connectivity index is 3.29. The number of nitrogens with zero attached hydrogens (tertiary/aromatic N) is 1. The molecule has 1 amide bonds. The van der Waals surface area contributed by atoms with Crippen LogP contribution in [0.5, 0.6) is 0 Å². The Morgan fingerprint density at radius 2 is 2.18 bits per heavy atom. The first kappa shape index (κ1) is 16.7. The molecule has 1 unspecified atom stereocenters. The molecule has 0 aliphatic carbocycles. The van der Waals surface area contributed by atoms with E-state index in [0.717, 1.165) is 13.0 Å². The van der Waals surface area contributed by atoms with Gasteiger partial charge in [0.25, 0.3) is 0 Å². The summed E-state index contributed by atoms with van der Waals surface area (Å²) in [6.45, 7) is 1.46. The van der Waals surface area contributed by atoms with E-state index in [0.29, 0.717) is 24.5 Å². The molecular formula is C11H24N2O3S. The average Bonchev–Trinajstić information content (AvgIpc) is 2.29. The van der Waals surface area contributed by atoms with Gasteiger partial charge in [0.1, 0.15) is 0 Å². The van der Waals surface area contributed by atoms with Crippen molar-refractivity contribution < 1.29 is 15.0 Å². The monoisotopic (exact) mass is 264 g/mol. The van der Waals surface area contributed by atoms with E-state index in [9.17, 15) is 4.79 Å². The number of amides is 1. The molecule has 0 radical (unpaired) electrons. The number of carbonyl (C=O) groups excluding carboxylic acids is 1. The minimum Gasteiger partial charge on any atom is -0.394 e. The Bertz CT molecular complexity index is 203. The normalized spacial score (nSPS) is 12.8. The molecule has 0 aromatic carbocycles. The second-order valence-electron chi connectivity index (χ2n) is 4.17. The fourth-order valence-electron chi connectivity index (χ4n) is 1.15. The van der Waals surface area contributed by atoms with E-state index in [2.05, 4.69) is 10.2 Å². The molecule has 5 nitrogen and oxygen atoms in total. The lowest BCUT2D eigenvalue weighted by atomic mass is 10.4. The molecule has 3 N–H and O–H groups in total. The van der Waals surface area contributed by atoms with Gasteiger partial charge in [0.2, 0.25) is 5.91 Å². The molecule has 17 heavy (non-hydrogen) atoms. The summed E-state index contributed by atoms with van der Waals surface area (Å²) in [7, 11) is 4.01. The Morgan fingerprint density at radius 1 is 1.47 bits per heavy atom. The summed E-state index contributed by atoms with van der Waals surface area (Å²) in [6.07, 6.45) is 0.739. The van der Waals surface area contributed by atoms with E-state index < -0.39 is 6.10 Å². The Hall–Kier alpha value is -0.300. The molecule has 0 spiro atoms. The highest BCUT2D eigenvalue weighted by Crippen LogP contribution is 2.04. The predicted octanol–water partition coefficient (Wildman–Crippen LogP) is -0.469. The number of aliphatic hydroxyl groups excluding tert-OH is 2. The van der Waals surface area contributed by atoms with E-state index in [1.54, 1.807) is 0 Å². The second kappa shape index (κ2) is 10.8. The summed E-state index contributed by atoms with van der Waals surface area (Å²) >= 11 is 1.48. The molecule has 0 saturated carbocycles. The van der Waals surface area contributed by atoms with E-state index in [4.69, 9.17) is 10.2 Å². The lowest BCUT2D eigenvalue weighted by Gasteiger charge is -2.10. The van der Waals surface area contributed by atoms with Crippen LogP contribution >= 0.6 is 11.8 Å². The predicted molar refractivity (Wildman–Crippen MR) is 71.2 cm³/mol. The highest BCUT2D eigenvalue weighted by Gasteiger charge is 2.04. The number of carbonyl (C=O) groups is 1. The fourth-order valence-corrected chi connectivity index (χ4v) is 2.02. The van der Waals surface area contributed by atoms with Crippen LogP contribution < -0.4 is 5.32 Å². The molecule has 0 aromatic heterocycles. The summed E-state index contributed by atoms with van der Waals surface area (Å²) < 4.78 is 0. The quantitative estimate of drug-likeness (QED) is 0.465. The second-order valence-corrected chi connectivity index (χ2v) is 5.32. The number of hydrogen-bond acceptors (Lipinski definition) is 5. The number of nitrogens with one attached hydrogen (secondary N) is 1. The molecular weight excluding hydrogens is 240 g/mol. The molecule has 0 heterocycles. The zero-order valence-corrected chi connectivity index (χ0v) is 11.5. The summed E-state index contributed by atoms with van der Waals surface area (Å²) in [5.74, 6) is 1.20. The summed E-state index contributed by atoms with van der Waals surface area (Å²) in [5.41, 5.74) is 0. The third-order valence-corrected chi connectivity index (χ3v) is 3.21. The van der Waals surface area contributed by atoms with Crippen LogP contribution in [0.3, 0.4) is 0 Å². The third-order valence-electron chi connectivity index (χ3n) is 2.10. The van der Waals surface area contributed by atoms with Crippen molar-refractivity contribution in [3.8, 4) is 0 Å². The Morgan fingerprint density at radius 3 is 2.76 bits per heavy atom. The van der Waals surface area contributed by atoms with Gasteiger partial charge in [-0.3, -0.25) is 4.79 Å². The van der Waals surface area contributed by atoms with Crippen LogP contribution in [0.2, 0.25) is 0 Å². The fraction of sp³-hybridized carbons (Fsp3) is 0.909. The van der Waals surface area contributed by atoms with Gasteiger partial charge >= 0.3 is 0 Å². The number of rotatable bonds is 10. The van der Waals surface area contributed by atoms with Gasteiger partial charge in [-0.1, -0.05) is 0 Å². The first-order chi connectivity index (χ1) is 8.06. The van der Waals surface area contributed by atoms with E-state index >= 15 is 0 Å². The minimum absolute atomic E-state index is 0.0507. The zero-order chi connectivity index (χ0) is 13.1. The van der Waals surface area contributed by atoms with Crippen molar-refractivity contribution in [2.45, 2.75) is 18.9 Å². The van der Waals surface area contributed by atoms with Gasteiger partial charge in [-0.05, 0) is 27.1 Å². The molecule has 1 atom stereocenters. The molecule has 0 aromatic rings. The molecule has 0 aliphatic rings. The smallest absolute Gasteiger partial charge is 0.220 e. The molecule has 0 aliphatic heterocycles. The van der Waals surface area contributed by atoms with Gasteiger partial charge in [-0.15, -0.1) is 0 Å². The summed E-state index contributed by atoms with van der Waals surface area (Å²) in [4.78, 5) is 13.4. The lowest BCUT2D eigenvalue weighted by Crippen LogP contribution is -2.27. The molecule has 0 bridgehead atoms. The standard InChI is InChI=1S/C11H24N2O3S/c1-13(2)6-3-5-12-11(16)4-7-17-9-10(15)8-14/h10,14-15H,3-9H2,1-2H3,(H,12,16). The van der Waals surface area contributed by atoms with Crippen molar-refractivity contribution in [1.29, 1.82) is 0 Å². The zero-order valence-electron chi connectivity index (χ0n) is 10.7. The maximum atomic E-state index is 11.4. The van der Waals surface area contributed by atoms with Crippen molar-refractivity contribution in [2.24, 2.45) is 0 Å². The Labute approximate surface area is 108 Å². The number of hydrogen-bond donors (Lipinski definition) is 3. The van der Waals surface area contributed by atoms with Crippen molar-refractivity contribution in [2.75, 3.05) is 45.3 Å². The first-order valence-electron chi connectivity index (χ1n) is 5.84. The third kappa shape index (κ3) is 12.0.